The van der Waals surface area contributed by atoms with Gasteiger partial charge in [-0.25, -0.2) is 0 Å². The molecule has 0 radical (unpaired) electrons. The second-order valence-corrected chi connectivity index (χ2v) is 7.47. The molecule has 5 rings (SSSR count). The Morgan fingerprint density at radius 3 is 1.53 bits per heavy atom. The Kier molecular flexibility index (Phi) is 5.45. The van der Waals surface area contributed by atoms with Gasteiger partial charge in [0.25, 0.3) is 5.69 Å². The van der Waals surface area contributed by atoms with E-state index in [4.69, 9.17) is 0 Å². The van der Waals surface area contributed by atoms with E-state index in [2.05, 4.69) is 20.5 Å². The summed E-state index contributed by atoms with van der Waals surface area (Å²) in [4.78, 5) is 10.4. The number of nitro benzene ring substituents is 1. The third-order valence-corrected chi connectivity index (χ3v) is 5.36. The first-order valence-corrected chi connectivity index (χ1v) is 10.4. The normalized spacial score (nSPS) is 11.6. The Hall–Kier alpha value is -4.98. The van der Waals surface area contributed by atoms with Gasteiger partial charge in [0, 0.05) is 33.7 Å². The summed E-state index contributed by atoms with van der Waals surface area (Å²) in [6.45, 7) is 0. The summed E-state index contributed by atoms with van der Waals surface area (Å²) in [5, 5.41) is 41.6. The number of rotatable bonds is 5. The molecule has 0 aromatic heterocycles. The maximum Gasteiger partial charge on any atom is 0.269 e. The molecule has 5 aromatic rings. The van der Waals surface area contributed by atoms with Crippen LogP contribution in [0.1, 0.15) is 0 Å². The van der Waals surface area contributed by atoms with E-state index in [9.17, 15) is 15.2 Å². The summed E-state index contributed by atoms with van der Waals surface area (Å²) >= 11 is 0. The van der Waals surface area contributed by atoms with Gasteiger partial charge in [0.2, 0.25) is 0 Å². The third-order valence-electron chi connectivity index (χ3n) is 5.36. The summed E-state index contributed by atoms with van der Waals surface area (Å²) in [7, 11) is 0. The highest BCUT2D eigenvalue weighted by atomic mass is 16.6. The summed E-state index contributed by atoms with van der Waals surface area (Å²) in [6.07, 6.45) is 0. The van der Waals surface area contributed by atoms with Gasteiger partial charge >= 0.3 is 0 Å². The van der Waals surface area contributed by atoms with Gasteiger partial charge in [0.15, 0.2) is 0 Å². The van der Waals surface area contributed by atoms with Crippen molar-refractivity contribution in [2.24, 2.45) is 20.5 Å². The largest absolute Gasteiger partial charge is 0.507 e. The highest BCUT2D eigenvalue weighted by molar-refractivity contribution is 6.00. The van der Waals surface area contributed by atoms with Gasteiger partial charge in [-0.1, -0.05) is 48.5 Å². The molecular formula is C26H17N5O3. The number of hydrogen-bond acceptors (Lipinski definition) is 7. The number of non-ortho nitro benzene ring substituents is 1. The number of nitrogens with zero attached hydrogens (tertiary/aromatic N) is 5. The predicted octanol–water partition coefficient (Wildman–Crippen LogP) is 8.44. The molecule has 8 heteroatoms. The molecule has 164 valence electrons. The Morgan fingerprint density at radius 2 is 1.00 bits per heavy atom. The molecule has 0 atom stereocenters. The molecule has 34 heavy (non-hydrogen) atoms. The van der Waals surface area contributed by atoms with Crippen LogP contribution in [0.4, 0.5) is 28.4 Å². The minimum absolute atomic E-state index is 0.000483. The lowest BCUT2D eigenvalue weighted by atomic mass is 10.1. The van der Waals surface area contributed by atoms with Crippen LogP contribution in [-0.2, 0) is 0 Å². The number of phenolic OH excluding ortho intramolecular Hbond substituents is 1. The van der Waals surface area contributed by atoms with E-state index < -0.39 is 4.92 Å². The first-order valence-electron chi connectivity index (χ1n) is 10.4. The van der Waals surface area contributed by atoms with Crippen LogP contribution in [0.3, 0.4) is 0 Å². The number of azo groups is 2. The van der Waals surface area contributed by atoms with E-state index in [1.165, 1.54) is 12.1 Å². The molecule has 0 saturated carbocycles. The second-order valence-electron chi connectivity index (χ2n) is 7.47. The Bertz CT molecular complexity index is 1590. The van der Waals surface area contributed by atoms with Gasteiger partial charge < -0.3 is 5.11 Å². The Morgan fingerprint density at radius 1 is 0.559 bits per heavy atom. The monoisotopic (exact) mass is 447 g/mol. The zero-order chi connectivity index (χ0) is 23.5. The van der Waals surface area contributed by atoms with Gasteiger partial charge in [-0.05, 0) is 36.4 Å². The van der Waals surface area contributed by atoms with Gasteiger partial charge in [0.1, 0.15) is 5.75 Å². The quantitative estimate of drug-likeness (QED) is 0.166. The SMILES string of the molecule is O=[N+]([O-])c1ccc(N=Nc2ccc(N=Nc3ccc(O)c4ccccc34)c3ccccc23)cc1. The van der Waals surface area contributed by atoms with Crippen LogP contribution in [0.15, 0.2) is 118 Å². The number of hydrogen-bond donors (Lipinski definition) is 1. The molecular weight excluding hydrogens is 430 g/mol. The molecule has 0 aliphatic rings. The molecule has 0 aliphatic carbocycles. The van der Waals surface area contributed by atoms with Crippen molar-refractivity contribution in [1.29, 1.82) is 0 Å². The van der Waals surface area contributed by atoms with E-state index in [-0.39, 0.29) is 11.4 Å². The zero-order valence-corrected chi connectivity index (χ0v) is 17.7. The number of aromatic hydroxyl groups is 1. The van der Waals surface area contributed by atoms with E-state index in [0.29, 0.717) is 28.1 Å². The van der Waals surface area contributed by atoms with Crippen LogP contribution < -0.4 is 0 Å². The van der Waals surface area contributed by atoms with Crippen molar-refractivity contribution in [3.63, 3.8) is 0 Å². The first-order chi connectivity index (χ1) is 16.6. The first kappa shape index (κ1) is 20.9. The fourth-order valence-electron chi connectivity index (χ4n) is 3.66. The van der Waals surface area contributed by atoms with Crippen molar-refractivity contribution in [2.45, 2.75) is 0 Å². The van der Waals surface area contributed by atoms with Crippen molar-refractivity contribution in [3.05, 3.63) is 107 Å². The third kappa shape index (κ3) is 4.07. The smallest absolute Gasteiger partial charge is 0.269 e. The number of benzene rings is 5. The molecule has 0 unspecified atom stereocenters. The Balaban J connectivity index is 1.50. The summed E-state index contributed by atoms with van der Waals surface area (Å²) in [5.74, 6) is 0.197. The van der Waals surface area contributed by atoms with Crippen molar-refractivity contribution in [1.82, 2.24) is 0 Å². The number of fused-ring (bicyclic) bond motifs is 2. The van der Waals surface area contributed by atoms with E-state index >= 15 is 0 Å². The topological polar surface area (TPSA) is 113 Å². The average molecular weight is 447 g/mol. The average Bonchev–Trinajstić information content (AvgIpc) is 2.88. The fourth-order valence-corrected chi connectivity index (χ4v) is 3.66. The van der Waals surface area contributed by atoms with Crippen molar-refractivity contribution >= 4 is 50.0 Å². The maximum atomic E-state index is 10.8. The highest BCUT2D eigenvalue weighted by Gasteiger charge is 2.08. The molecule has 0 amide bonds. The van der Waals surface area contributed by atoms with E-state index in [1.807, 2.05) is 54.6 Å². The minimum atomic E-state index is -0.456. The summed E-state index contributed by atoms with van der Waals surface area (Å²) in [6, 6.07) is 28.0. The molecule has 5 aromatic carbocycles. The standard InChI is InChI=1S/C26H17N5O3/c32-26-16-15-25(21-7-3-4-8-22(21)26)30-29-24-14-13-23(19-5-1-2-6-20(19)24)28-27-17-9-11-18(12-10-17)31(33)34/h1-16,32H. The molecule has 8 nitrogen and oxygen atoms in total. The summed E-state index contributed by atoms with van der Waals surface area (Å²) in [5.41, 5.74) is 2.47. The lowest BCUT2D eigenvalue weighted by molar-refractivity contribution is -0.384. The van der Waals surface area contributed by atoms with Crippen LogP contribution in [0.5, 0.6) is 5.75 Å². The maximum absolute atomic E-state index is 10.8. The number of nitro groups is 1. The van der Waals surface area contributed by atoms with Crippen molar-refractivity contribution < 1.29 is 10.0 Å². The van der Waals surface area contributed by atoms with Crippen LogP contribution in [0, 0.1) is 10.1 Å². The molecule has 0 heterocycles. The highest BCUT2D eigenvalue weighted by Crippen LogP contribution is 2.37. The van der Waals surface area contributed by atoms with E-state index in [0.717, 1.165) is 16.2 Å². The molecule has 0 spiro atoms. The van der Waals surface area contributed by atoms with E-state index in [1.54, 1.807) is 30.3 Å². The molecule has 0 fully saturated rings. The number of phenols is 1. The van der Waals surface area contributed by atoms with Crippen LogP contribution >= 0.6 is 0 Å². The van der Waals surface area contributed by atoms with Crippen LogP contribution in [0.2, 0.25) is 0 Å². The Labute approximate surface area is 193 Å². The van der Waals surface area contributed by atoms with Crippen molar-refractivity contribution in [3.8, 4) is 5.75 Å². The van der Waals surface area contributed by atoms with Gasteiger partial charge in [-0.3, -0.25) is 10.1 Å². The van der Waals surface area contributed by atoms with Gasteiger partial charge in [0.05, 0.1) is 27.7 Å². The zero-order valence-electron chi connectivity index (χ0n) is 17.7. The predicted molar refractivity (Wildman–Crippen MR) is 131 cm³/mol. The van der Waals surface area contributed by atoms with Crippen molar-refractivity contribution in [2.75, 3.05) is 0 Å². The minimum Gasteiger partial charge on any atom is -0.507 e. The lowest BCUT2D eigenvalue weighted by Gasteiger charge is -2.05. The van der Waals surface area contributed by atoms with Crippen LogP contribution in [-0.4, -0.2) is 10.0 Å². The molecule has 0 bridgehead atoms. The molecule has 0 saturated heterocycles. The fraction of sp³-hybridized carbons (Fsp3) is 0. The van der Waals surface area contributed by atoms with Crippen LogP contribution in [0.25, 0.3) is 21.5 Å². The van der Waals surface area contributed by atoms with Gasteiger partial charge in [-0.15, -0.1) is 15.3 Å². The molecule has 1 N–H and O–H groups in total. The second kappa shape index (κ2) is 8.87. The van der Waals surface area contributed by atoms with Gasteiger partial charge in [-0.2, -0.15) is 5.11 Å². The lowest BCUT2D eigenvalue weighted by Crippen LogP contribution is -1.85. The molecule has 0 aliphatic heterocycles. The summed E-state index contributed by atoms with van der Waals surface area (Å²) < 4.78 is 0.